The summed E-state index contributed by atoms with van der Waals surface area (Å²) >= 11 is 5.82. The largest absolute Gasteiger partial charge is 0.380 e. The average Bonchev–Trinajstić information content (AvgIpc) is 2.26. The molecule has 0 aromatic heterocycles. The van der Waals surface area contributed by atoms with E-state index in [4.69, 9.17) is 16.3 Å². The molecule has 0 bridgehead atoms. The number of rotatable bonds is 6. The maximum Gasteiger partial charge on any atom is 0.292 e. The minimum atomic E-state index is -0.438. The van der Waals surface area contributed by atoms with E-state index in [0.717, 1.165) is 0 Å². The fourth-order valence-electron chi connectivity index (χ4n) is 1.38. The number of benzene rings is 1. The van der Waals surface area contributed by atoms with Gasteiger partial charge in [-0.15, -0.1) is 0 Å². The van der Waals surface area contributed by atoms with Crippen LogP contribution in [0.3, 0.4) is 0 Å². The van der Waals surface area contributed by atoms with E-state index in [1.165, 1.54) is 12.1 Å². The van der Waals surface area contributed by atoms with Gasteiger partial charge in [0.15, 0.2) is 0 Å². The maximum absolute atomic E-state index is 10.8. The molecular formula is C11H15ClN2O3. The summed E-state index contributed by atoms with van der Waals surface area (Å²) in [5, 5.41) is 14.3. The number of halogens is 1. The predicted molar refractivity (Wildman–Crippen MR) is 67.7 cm³/mol. The van der Waals surface area contributed by atoms with Gasteiger partial charge in [-0.25, -0.2) is 0 Å². The van der Waals surface area contributed by atoms with Crippen molar-refractivity contribution in [1.29, 1.82) is 0 Å². The second kappa shape index (κ2) is 6.42. The van der Waals surface area contributed by atoms with Gasteiger partial charge in [-0.05, 0) is 26.0 Å². The van der Waals surface area contributed by atoms with Gasteiger partial charge in [-0.2, -0.15) is 0 Å². The van der Waals surface area contributed by atoms with E-state index in [1.807, 2.05) is 13.8 Å². The molecule has 0 aliphatic rings. The van der Waals surface area contributed by atoms with Crippen LogP contribution in [0.5, 0.6) is 0 Å². The van der Waals surface area contributed by atoms with E-state index in [9.17, 15) is 10.1 Å². The lowest BCUT2D eigenvalue weighted by Gasteiger charge is -2.15. The highest BCUT2D eigenvalue weighted by Crippen LogP contribution is 2.28. The molecule has 1 aromatic rings. The Kier molecular flexibility index (Phi) is 5.18. The summed E-state index contributed by atoms with van der Waals surface area (Å²) in [7, 11) is 0. The third-order valence-corrected chi connectivity index (χ3v) is 2.36. The van der Waals surface area contributed by atoms with Gasteiger partial charge >= 0.3 is 0 Å². The van der Waals surface area contributed by atoms with Crippen molar-refractivity contribution in [1.82, 2.24) is 0 Å². The van der Waals surface area contributed by atoms with E-state index >= 15 is 0 Å². The Labute approximate surface area is 105 Å². The smallest absolute Gasteiger partial charge is 0.292 e. The second-order valence-corrected chi connectivity index (χ2v) is 4.06. The minimum absolute atomic E-state index is 0.0118. The Morgan fingerprint density at radius 2 is 2.29 bits per heavy atom. The molecule has 0 amide bonds. The van der Waals surface area contributed by atoms with Crippen molar-refractivity contribution in [3.63, 3.8) is 0 Å². The predicted octanol–water partition coefficient (Wildman–Crippen LogP) is 3.09. The number of hydrogen-bond acceptors (Lipinski definition) is 4. The van der Waals surface area contributed by atoms with Crippen molar-refractivity contribution in [2.75, 3.05) is 18.5 Å². The SMILES string of the molecule is CCOCC(C)Nc1cc(Cl)ccc1[N+](=O)[O-]. The van der Waals surface area contributed by atoms with Crippen molar-refractivity contribution in [2.45, 2.75) is 19.9 Å². The molecule has 1 N–H and O–H groups in total. The van der Waals surface area contributed by atoms with E-state index in [2.05, 4.69) is 5.32 Å². The van der Waals surface area contributed by atoms with Crippen LogP contribution in [-0.4, -0.2) is 24.2 Å². The van der Waals surface area contributed by atoms with Gasteiger partial charge in [-0.3, -0.25) is 10.1 Å². The molecule has 5 nitrogen and oxygen atoms in total. The van der Waals surface area contributed by atoms with Crippen LogP contribution < -0.4 is 5.32 Å². The molecule has 0 spiro atoms. The molecule has 1 atom stereocenters. The van der Waals surface area contributed by atoms with Gasteiger partial charge in [0.05, 0.1) is 11.5 Å². The third-order valence-electron chi connectivity index (χ3n) is 2.13. The summed E-state index contributed by atoms with van der Waals surface area (Å²) in [6, 6.07) is 4.41. The van der Waals surface area contributed by atoms with Crippen LogP contribution in [0, 0.1) is 10.1 Å². The van der Waals surface area contributed by atoms with E-state index < -0.39 is 4.92 Å². The first kappa shape index (κ1) is 13.7. The van der Waals surface area contributed by atoms with Gasteiger partial charge in [0.1, 0.15) is 5.69 Å². The van der Waals surface area contributed by atoms with Crippen LogP contribution in [0.2, 0.25) is 5.02 Å². The van der Waals surface area contributed by atoms with Crippen molar-refractivity contribution in [2.24, 2.45) is 0 Å². The maximum atomic E-state index is 10.8. The summed E-state index contributed by atoms with van der Waals surface area (Å²) in [4.78, 5) is 10.4. The molecule has 0 saturated carbocycles. The molecule has 0 aliphatic heterocycles. The molecule has 0 aliphatic carbocycles. The minimum Gasteiger partial charge on any atom is -0.380 e. The highest BCUT2D eigenvalue weighted by atomic mass is 35.5. The third kappa shape index (κ3) is 4.20. The first-order valence-electron chi connectivity index (χ1n) is 5.32. The Hall–Kier alpha value is -1.33. The highest BCUT2D eigenvalue weighted by molar-refractivity contribution is 6.31. The lowest BCUT2D eigenvalue weighted by molar-refractivity contribution is -0.384. The molecule has 0 heterocycles. The zero-order valence-electron chi connectivity index (χ0n) is 9.77. The summed E-state index contributed by atoms with van der Waals surface area (Å²) in [6.45, 7) is 4.89. The second-order valence-electron chi connectivity index (χ2n) is 3.62. The van der Waals surface area contributed by atoms with Crippen LogP contribution in [0.15, 0.2) is 18.2 Å². The molecule has 94 valence electrons. The topological polar surface area (TPSA) is 64.4 Å². The first-order valence-corrected chi connectivity index (χ1v) is 5.70. The Balaban J connectivity index is 2.81. The molecule has 1 unspecified atom stereocenters. The van der Waals surface area contributed by atoms with Gasteiger partial charge in [0, 0.05) is 23.7 Å². The molecule has 1 rings (SSSR count). The van der Waals surface area contributed by atoms with Crippen molar-refractivity contribution in [3.8, 4) is 0 Å². The quantitative estimate of drug-likeness (QED) is 0.629. The fraction of sp³-hybridized carbons (Fsp3) is 0.455. The monoisotopic (exact) mass is 258 g/mol. The Morgan fingerprint density at radius 1 is 1.59 bits per heavy atom. The van der Waals surface area contributed by atoms with Crippen LogP contribution in [0.4, 0.5) is 11.4 Å². The van der Waals surface area contributed by atoms with Crippen LogP contribution in [-0.2, 0) is 4.74 Å². The van der Waals surface area contributed by atoms with E-state index in [0.29, 0.717) is 23.9 Å². The van der Waals surface area contributed by atoms with Crippen LogP contribution in [0.25, 0.3) is 0 Å². The molecule has 0 fully saturated rings. The number of anilines is 1. The molecule has 0 saturated heterocycles. The van der Waals surface area contributed by atoms with Gasteiger partial charge in [0.25, 0.3) is 5.69 Å². The summed E-state index contributed by atoms with van der Waals surface area (Å²) < 4.78 is 5.23. The number of nitro groups is 1. The van der Waals surface area contributed by atoms with E-state index in [1.54, 1.807) is 6.07 Å². The number of ether oxygens (including phenoxy) is 1. The molecular weight excluding hydrogens is 244 g/mol. The van der Waals surface area contributed by atoms with Crippen LogP contribution >= 0.6 is 11.6 Å². The van der Waals surface area contributed by atoms with Crippen LogP contribution in [0.1, 0.15) is 13.8 Å². The summed E-state index contributed by atoms with van der Waals surface area (Å²) in [5.41, 5.74) is 0.424. The van der Waals surface area contributed by atoms with Gasteiger partial charge in [-0.1, -0.05) is 11.6 Å². The first-order chi connectivity index (χ1) is 8.04. The molecule has 17 heavy (non-hydrogen) atoms. The molecule has 1 aromatic carbocycles. The molecule has 0 radical (unpaired) electrons. The van der Waals surface area contributed by atoms with Gasteiger partial charge < -0.3 is 10.1 Å². The highest BCUT2D eigenvalue weighted by Gasteiger charge is 2.15. The number of nitrogens with one attached hydrogen (secondary N) is 1. The Morgan fingerprint density at radius 3 is 2.88 bits per heavy atom. The molecule has 6 heteroatoms. The summed E-state index contributed by atoms with van der Waals surface area (Å²) in [5.74, 6) is 0. The lowest BCUT2D eigenvalue weighted by Crippen LogP contribution is -2.22. The summed E-state index contributed by atoms with van der Waals surface area (Å²) in [6.07, 6.45) is 0. The number of nitro benzene ring substituents is 1. The standard InChI is InChI=1S/C11H15ClN2O3/c1-3-17-7-8(2)13-10-6-9(12)4-5-11(10)14(15)16/h4-6,8,13H,3,7H2,1-2H3. The van der Waals surface area contributed by atoms with E-state index in [-0.39, 0.29) is 11.7 Å². The number of nitrogens with zero attached hydrogens (tertiary/aromatic N) is 1. The fourth-order valence-corrected chi connectivity index (χ4v) is 1.56. The lowest BCUT2D eigenvalue weighted by atomic mass is 10.2. The normalized spacial score (nSPS) is 12.2. The zero-order chi connectivity index (χ0) is 12.8. The van der Waals surface area contributed by atoms with Crippen molar-refractivity contribution in [3.05, 3.63) is 33.3 Å². The van der Waals surface area contributed by atoms with Crippen molar-refractivity contribution < 1.29 is 9.66 Å². The average molecular weight is 259 g/mol. The number of hydrogen-bond donors (Lipinski definition) is 1. The van der Waals surface area contributed by atoms with Crippen molar-refractivity contribution >= 4 is 23.0 Å². The van der Waals surface area contributed by atoms with Gasteiger partial charge in [0.2, 0.25) is 0 Å². The zero-order valence-corrected chi connectivity index (χ0v) is 10.5. The Bertz CT molecular complexity index is 398.